The zero-order valence-electron chi connectivity index (χ0n) is 65.2. The van der Waals surface area contributed by atoms with E-state index in [1.807, 2.05) is 110 Å². The molecule has 5 aliphatic heterocycles. The Morgan fingerprint density at radius 2 is 0.549 bits per heavy atom. The van der Waals surface area contributed by atoms with E-state index in [0.717, 1.165) is 94.3 Å². The Bertz CT molecular complexity index is 3780. The maximum Gasteiger partial charge on any atom is 0.294 e. The third-order valence-corrected chi connectivity index (χ3v) is 17.2. The molecule has 0 aliphatic carbocycles. The lowest BCUT2D eigenvalue weighted by Crippen LogP contribution is -3.00. The number of hydrogen-bond acceptors (Lipinski definition) is 31. The zero-order valence-corrected chi connectivity index (χ0v) is 108. The molecule has 59 heteroatoms. The van der Waals surface area contributed by atoms with E-state index >= 15 is 0 Å². The number of aryl methyl sites for hydroxylation is 1. The van der Waals surface area contributed by atoms with Crippen molar-refractivity contribution in [3.05, 3.63) is 194 Å². The van der Waals surface area contributed by atoms with Crippen molar-refractivity contribution in [3.8, 4) is 0 Å². The Morgan fingerprint density at radius 1 is 0.344 bits per heavy atom. The Balaban J connectivity index is -0.000000178. The first kappa shape index (κ1) is 142. The van der Waals surface area contributed by atoms with Crippen LogP contribution in [0.3, 0.4) is 0 Å². The molecule has 0 atom stereocenters. The lowest BCUT2D eigenvalue weighted by molar-refractivity contribution is -0.384. The summed E-state index contributed by atoms with van der Waals surface area (Å²) in [5, 5.41) is 71.3. The van der Waals surface area contributed by atoms with Crippen LogP contribution in [0, 0.1) is 57.5 Å². The van der Waals surface area contributed by atoms with Crippen LogP contribution >= 0.6 is 342 Å². The molecule has 0 saturated heterocycles. The fraction of sp³-hybridized carbons (Fsp3) is 0.365. The molecule has 0 bridgehead atoms. The Labute approximate surface area is 971 Å². The monoisotopic (exact) mass is 3750 g/mol. The second kappa shape index (κ2) is 82.6. The third-order valence-electron chi connectivity index (χ3n) is 15.5. The predicted molar refractivity (Wildman–Crippen MR) is 623 cm³/mol. The van der Waals surface area contributed by atoms with Crippen LogP contribution in [0.15, 0.2) is 128 Å². The van der Waals surface area contributed by atoms with Crippen LogP contribution in [-0.4, -0.2) is 214 Å². The van der Waals surface area contributed by atoms with Gasteiger partial charge in [-0.1, -0.05) is 34.8 Å². The second-order valence-electron chi connectivity index (χ2n) is 23.8. The van der Waals surface area contributed by atoms with Gasteiger partial charge in [-0.2, -0.15) is 0 Å². The van der Waals surface area contributed by atoms with Crippen LogP contribution in [0.5, 0.6) is 0 Å². The summed E-state index contributed by atoms with van der Waals surface area (Å²) >= 11 is 45.0. The molecule has 700 valence electrons. The van der Waals surface area contributed by atoms with Crippen LogP contribution < -0.4 is 136 Å². The number of nitrogen functional groups attached to an aromatic ring is 5. The number of nitrogens with two attached hydrogens (primary N) is 5. The molecule has 0 aromatic heterocycles. The minimum atomic E-state index is -0.519. The van der Waals surface area contributed by atoms with Crippen molar-refractivity contribution in [3.63, 3.8) is 0 Å². The van der Waals surface area contributed by atoms with Gasteiger partial charge in [0.15, 0.2) is 0 Å². The van der Waals surface area contributed by atoms with Crippen molar-refractivity contribution in [2.24, 2.45) is 0 Å². The van der Waals surface area contributed by atoms with Gasteiger partial charge in [0.1, 0.15) is 28.4 Å². The average Bonchev–Trinajstić information content (AvgIpc) is 1.13. The van der Waals surface area contributed by atoms with E-state index in [2.05, 4.69) is 299 Å². The maximum absolute atomic E-state index is 11.0. The van der Waals surface area contributed by atoms with Gasteiger partial charge in [0, 0.05) is 427 Å². The predicted octanol–water partition coefficient (Wildman–Crippen LogP) is 7.21. The molecule has 35 nitrogen and oxygen atoms in total. The number of nitro benzene ring substituents is 5. The Morgan fingerprint density at radius 3 is 0.787 bits per heavy atom. The zero-order chi connectivity index (χ0) is 86.9. The first-order valence-corrected chi connectivity index (χ1v) is 72.5. The number of hydrogen-bond donors (Lipinski definition) is 10. The highest BCUT2D eigenvalue weighted by molar-refractivity contribution is 15.0. The van der Waals surface area contributed by atoms with Gasteiger partial charge in [-0.05, 0) is 55.5 Å². The largest absolute Gasteiger partial charge is 1.00 e. The Kier molecular flexibility index (Phi) is 96.2. The number of anilines is 10. The molecule has 0 amide bonds. The quantitative estimate of drug-likeness (QED) is 0.00620. The molecule has 5 heterocycles. The van der Waals surface area contributed by atoms with Gasteiger partial charge in [0.25, 0.3) is 28.4 Å². The van der Waals surface area contributed by atoms with Gasteiger partial charge < -0.3 is 185 Å². The van der Waals surface area contributed by atoms with Crippen molar-refractivity contribution in [1.29, 1.82) is 0 Å². The lowest BCUT2D eigenvalue weighted by Gasteiger charge is -2.19. The van der Waals surface area contributed by atoms with Crippen LogP contribution in [0.25, 0.3) is 0 Å². The molecule has 10 rings (SSSR count). The molecular weight excluding hydrogens is 3660 g/mol. The summed E-state index contributed by atoms with van der Waals surface area (Å²) in [6.45, 7) is 13.6. The van der Waals surface area contributed by atoms with Crippen molar-refractivity contribution in [2.75, 3.05) is 196 Å². The summed E-state index contributed by atoms with van der Waals surface area (Å²) in [5.74, 6) is 0. The van der Waals surface area contributed by atoms with Crippen molar-refractivity contribution in [1.82, 2.24) is 49.0 Å². The molecule has 5 aromatic rings. The Hall–Kier alpha value is 2.18. The lowest BCUT2D eigenvalue weighted by atomic mass is 10.1. The number of nitro groups is 5. The summed E-state index contributed by atoms with van der Waals surface area (Å²) in [6, 6.07) is 14.6. The number of benzene rings is 5. The smallest absolute Gasteiger partial charge is 0.294 e. The fourth-order valence-electron chi connectivity index (χ4n) is 10.2. The number of thioether (sulfide) groups is 1. The van der Waals surface area contributed by atoms with Gasteiger partial charge >= 0.3 is 0 Å². The van der Waals surface area contributed by atoms with Gasteiger partial charge in [-0.3, -0.25) is 50.6 Å². The number of halogens is 23. The molecule has 0 unspecified atom stereocenters. The molecule has 15 N–H and O–H groups in total. The number of nitrogens with one attached hydrogen (secondary N) is 5. The van der Waals surface area contributed by atoms with Gasteiger partial charge in [-0.15, -0.1) is 83.7 Å². The normalized spacial score (nSPS) is 11.9. The van der Waals surface area contributed by atoms with E-state index in [4.69, 9.17) is 63.5 Å². The minimum absolute atomic E-state index is 0. The summed E-state index contributed by atoms with van der Waals surface area (Å²) in [5.41, 5.74) is 32.1. The topological polar surface area (TPSA) is 438 Å². The van der Waals surface area contributed by atoms with Crippen LogP contribution in [0.4, 0.5) is 85.3 Å². The summed E-state index contributed by atoms with van der Waals surface area (Å²) in [7, 11) is 10.0. The summed E-state index contributed by atoms with van der Waals surface area (Å²) in [6.07, 6.45) is 22.9. The molecule has 0 radical (unpaired) electrons. The molecule has 5 aromatic carbocycles. The first-order chi connectivity index (χ1) is 54.4. The molecule has 0 spiro atoms. The van der Waals surface area contributed by atoms with Crippen LogP contribution in [0.1, 0.15) is 12.0 Å². The third kappa shape index (κ3) is 55.3. The molecule has 5 aliphatic rings. The molecule has 122 heavy (non-hydrogen) atoms. The minimum Gasteiger partial charge on any atom is -1.00 e. The SMILES string of the molecule is CN1C=CN(CCCNc2cc([N+](=O)[O-])c(N)cc2Cl)C1.CN1C=CN(CCNc2cc([N+](=O)[O-])c(N)cc2Cl)C1.CN1C=CN(CCNc2cc([N+](=O)[O-])c(N)cc2Cl)C1.CSc1cc(N)c([N+](=O)[O-])cc1NCCN1C=CN(C)C1.Cc1cc(N)c([N+](=O)[O-])cc1NCCN1C=CN(C)C1.I.I.I.II.II.II.II.II.II.[Br-].[Br-].[Br-].[Br-].[Cl-]. The fourth-order valence-corrected chi connectivity index (χ4v) is 11.6. The van der Waals surface area contributed by atoms with E-state index in [-0.39, 0.29) is 209 Å². The van der Waals surface area contributed by atoms with E-state index in [1.165, 1.54) is 60.3 Å². The van der Waals surface area contributed by atoms with Gasteiger partial charge in [-0.25, -0.2) is 0 Å². The second-order valence-corrected chi connectivity index (χ2v) is 25.9. The van der Waals surface area contributed by atoms with Crippen molar-refractivity contribution in [2.45, 2.75) is 18.2 Å². The number of nitrogens with zero attached hydrogens (tertiary/aromatic N) is 15. The summed E-state index contributed by atoms with van der Waals surface area (Å²) < 4.78 is 0. The van der Waals surface area contributed by atoms with Crippen LogP contribution in [-0.2, 0) is 0 Å². The molecular formula is C63H91Br4Cl4I15N25O10S-5. The highest BCUT2D eigenvalue weighted by Crippen LogP contribution is 2.37. The maximum atomic E-state index is 11.0. The van der Waals surface area contributed by atoms with E-state index in [0.29, 0.717) is 64.9 Å². The average molecular weight is 3760 g/mol. The molecule has 0 saturated carbocycles. The van der Waals surface area contributed by atoms with E-state index in [9.17, 15) is 50.6 Å². The number of rotatable bonds is 27. The molecule has 0 fully saturated rings. The van der Waals surface area contributed by atoms with Gasteiger partial charge in [0.2, 0.25) is 0 Å². The van der Waals surface area contributed by atoms with E-state index in [1.54, 1.807) is 12.1 Å². The highest BCUT2D eigenvalue weighted by atomic mass is 128. The van der Waals surface area contributed by atoms with Crippen molar-refractivity contribution >= 4 is 427 Å². The highest BCUT2D eigenvalue weighted by Gasteiger charge is 2.22. The summed E-state index contributed by atoms with van der Waals surface area (Å²) in [4.78, 5) is 73.9. The first-order valence-electron chi connectivity index (χ1n) is 32.4. The van der Waals surface area contributed by atoms with Crippen molar-refractivity contribution < 1.29 is 105 Å². The van der Waals surface area contributed by atoms with Gasteiger partial charge in [0.05, 0.1) is 95.8 Å². The van der Waals surface area contributed by atoms with Crippen LogP contribution in [0.2, 0.25) is 15.1 Å². The van der Waals surface area contributed by atoms with E-state index < -0.39 is 24.6 Å². The standard InChI is InChI=1S/C13H18ClN5O2.C13H19N5O2S.C13H19N5O2.2C12H16ClN5O2.4BrH.ClH.6I2.3HI/c1-17-5-6-18(9-17)4-2-3-16-12-8-13(19(20)21)11(15)7-10(12)14;1-16-5-6-17(9-16)4-3-15-11-8-12(18(19)20)10(14)7-13(11)21-2;1-10-7-11(14)13(18(19)20)8-12(10)15-3-4-17-6-5-16(2)9-17;2*1-16-4-5-17(8-16)3-2-15-11-7-12(18(19)20)10(14)6-9(11)13;;;;;;6*1-2;;;/h5-8,16H,2-4,9,15H2,1H3;5-8,15H,3-4,9,14H2,1-2H3;5-8,15H,3-4,9,14H2,1-2H3;2*4-7,15H,2-3,8,14H2,1H3;5*1H;;;;;;;3*1H/p-5.